The highest BCUT2D eigenvalue weighted by molar-refractivity contribution is 6.16. The normalized spacial score (nSPS) is 13.7. The van der Waals surface area contributed by atoms with Crippen molar-refractivity contribution >= 4 is 60.8 Å². The van der Waals surface area contributed by atoms with Crippen LogP contribution in [0.5, 0.6) is 0 Å². The molecule has 1 unspecified atom stereocenters. The second kappa shape index (κ2) is 13.4. The molecule has 59 heavy (non-hydrogen) atoms. The summed E-state index contributed by atoms with van der Waals surface area (Å²) in [5, 5.41) is 8.38. The molecule has 0 saturated heterocycles. The molecule has 0 fully saturated rings. The van der Waals surface area contributed by atoms with Gasteiger partial charge < -0.3 is 19.2 Å². The maximum Gasteiger partial charge on any atom is 0.159 e. The molecule has 0 saturated carbocycles. The first-order valence-corrected chi connectivity index (χ1v) is 20.2. The fourth-order valence-electron chi connectivity index (χ4n) is 9.26. The number of hydrogen-bond acceptors (Lipinski definition) is 3. The number of fused-ring (bicyclic) bond motifs is 7. The monoisotopic (exact) mass is 755 g/mol. The summed E-state index contributed by atoms with van der Waals surface area (Å²) < 4.78 is 9.38. The Hall–Kier alpha value is -7.82. The van der Waals surface area contributed by atoms with Gasteiger partial charge in [0.2, 0.25) is 0 Å². The molecule has 4 heteroatoms. The largest absolute Gasteiger partial charge is 0.454 e. The van der Waals surface area contributed by atoms with Crippen molar-refractivity contribution in [1.82, 2.24) is 4.57 Å². The number of benzene rings is 9. The van der Waals surface area contributed by atoms with Crippen LogP contribution in [0.2, 0.25) is 0 Å². The summed E-state index contributed by atoms with van der Waals surface area (Å²) in [5.41, 5.74) is 16.7. The molecule has 4 nitrogen and oxygen atoms in total. The number of furan rings is 1. The van der Waals surface area contributed by atoms with Crippen molar-refractivity contribution in [3.63, 3.8) is 0 Å². The summed E-state index contributed by atoms with van der Waals surface area (Å²) in [4.78, 5) is 2.40. The van der Waals surface area contributed by atoms with E-state index in [-0.39, 0.29) is 6.17 Å². The van der Waals surface area contributed by atoms with Gasteiger partial charge in [-0.2, -0.15) is 0 Å². The van der Waals surface area contributed by atoms with Gasteiger partial charge in [-0.1, -0.05) is 164 Å². The molecule has 2 aromatic heterocycles. The van der Waals surface area contributed by atoms with Gasteiger partial charge in [0, 0.05) is 27.2 Å². The molecule has 1 N–H and O–H groups in total. The van der Waals surface area contributed by atoms with Gasteiger partial charge in [-0.3, -0.25) is 0 Å². The summed E-state index contributed by atoms with van der Waals surface area (Å²) in [6.45, 7) is 0. The molecule has 1 atom stereocenters. The van der Waals surface area contributed by atoms with Gasteiger partial charge >= 0.3 is 0 Å². The number of hydrogen-bond donors (Lipinski definition) is 1. The lowest BCUT2D eigenvalue weighted by molar-refractivity contribution is 0.666. The summed E-state index contributed by atoms with van der Waals surface area (Å²) in [7, 11) is 0. The van der Waals surface area contributed by atoms with Crippen LogP contribution in [0.1, 0.15) is 11.7 Å². The topological polar surface area (TPSA) is 33.3 Å². The Bertz CT molecular complexity index is 3250. The minimum Gasteiger partial charge on any atom is -0.454 e. The first kappa shape index (κ1) is 33.3. The molecule has 0 radical (unpaired) electrons. The van der Waals surface area contributed by atoms with Gasteiger partial charge in [-0.25, -0.2) is 0 Å². The highest BCUT2D eigenvalue weighted by Crippen LogP contribution is 2.47. The lowest BCUT2D eigenvalue weighted by Crippen LogP contribution is -2.23. The number of para-hydroxylation sites is 3. The van der Waals surface area contributed by atoms with Crippen LogP contribution in [-0.4, -0.2) is 4.57 Å². The zero-order valence-electron chi connectivity index (χ0n) is 32.1. The van der Waals surface area contributed by atoms with Gasteiger partial charge in [0.25, 0.3) is 0 Å². The number of anilines is 3. The molecule has 11 aromatic rings. The van der Waals surface area contributed by atoms with Crippen LogP contribution in [0.4, 0.5) is 17.1 Å². The molecule has 0 aliphatic carbocycles. The molecular weight excluding hydrogens is 719 g/mol. The lowest BCUT2D eigenvalue weighted by atomic mass is 9.98. The van der Waals surface area contributed by atoms with E-state index < -0.39 is 0 Å². The molecule has 278 valence electrons. The van der Waals surface area contributed by atoms with Crippen LogP contribution in [0.15, 0.2) is 217 Å². The number of nitrogens with zero attached hydrogens (tertiary/aromatic N) is 2. The van der Waals surface area contributed by atoms with Gasteiger partial charge in [0.05, 0.1) is 28.1 Å². The molecule has 3 heterocycles. The van der Waals surface area contributed by atoms with Crippen molar-refractivity contribution in [2.75, 3.05) is 10.2 Å². The molecule has 12 rings (SSSR count). The van der Waals surface area contributed by atoms with Crippen molar-refractivity contribution in [1.29, 1.82) is 0 Å². The van der Waals surface area contributed by atoms with Crippen LogP contribution in [-0.2, 0) is 0 Å². The van der Waals surface area contributed by atoms with Crippen molar-refractivity contribution in [2.45, 2.75) is 6.17 Å². The average molecular weight is 756 g/mol. The Morgan fingerprint density at radius 2 is 1.00 bits per heavy atom. The van der Waals surface area contributed by atoms with E-state index in [4.69, 9.17) is 4.42 Å². The molecule has 9 aromatic carbocycles. The number of aromatic nitrogens is 1. The van der Waals surface area contributed by atoms with Gasteiger partial charge in [0.15, 0.2) is 5.58 Å². The Morgan fingerprint density at radius 3 is 1.68 bits per heavy atom. The smallest absolute Gasteiger partial charge is 0.159 e. The van der Waals surface area contributed by atoms with E-state index in [1.54, 1.807) is 0 Å². The zero-order valence-corrected chi connectivity index (χ0v) is 32.1. The zero-order chi connectivity index (χ0) is 38.9. The maximum absolute atomic E-state index is 6.97. The predicted octanol–water partition coefficient (Wildman–Crippen LogP) is 14.9. The van der Waals surface area contributed by atoms with E-state index in [0.29, 0.717) is 0 Å². The highest BCUT2D eigenvalue weighted by atomic mass is 16.3. The average Bonchev–Trinajstić information content (AvgIpc) is 3.99. The Morgan fingerprint density at radius 1 is 0.424 bits per heavy atom. The first-order chi connectivity index (χ1) is 29.3. The van der Waals surface area contributed by atoms with Gasteiger partial charge in [-0.15, -0.1) is 0 Å². The highest BCUT2D eigenvalue weighted by Gasteiger charge is 2.31. The van der Waals surface area contributed by atoms with Crippen LogP contribution in [0.3, 0.4) is 0 Å². The number of nitrogens with one attached hydrogen (secondary N) is 1. The second-order valence-corrected chi connectivity index (χ2v) is 15.4. The quantitative estimate of drug-likeness (QED) is 0.183. The van der Waals surface area contributed by atoms with E-state index in [0.717, 1.165) is 61.2 Å². The van der Waals surface area contributed by atoms with E-state index in [1.807, 2.05) is 0 Å². The van der Waals surface area contributed by atoms with Crippen LogP contribution < -0.4 is 10.2 Å². The fourth-order valence-corrected chi connectivity index (χ4v) is 9.26. The minimum absolute atomic E-state index is 0.00693. The molecule has 0 amide bonds. The van der Waals surface area contributed by atoms with Gasteiger partial charge in [0.1, 0.15) is 11.7 Å². The third-order valence-electron chi connectivity index (χ3n) is 12.0. The second-order valence-electron chi connectivity index (χ2n) is 15.4. The third kappa shape index (κ3) is 5.38. The Labute approximate surface area is 341 Å². The van der Waals surface area contributed by atoms with E-state index in [9.17, 15) is 0 Å². The summed E-state index contributed by atoms with van der Waals surface area (Å²) >= 11 is 0. The molecule has 1 aliphatic heterocycles. The minimum atomic E-state index is -0.00693. The lowest BCUT2D eigenvalue weighted by Gasteiger charge is -2.27. The van der Waals surface area contributed by atoms with Crippen molar-refractivity contribution in [3.05, 3.63) is 218 Å². The Balaban J connectivity index is 1.02. The fraction of sp³-hybridized carbons (Fsp3) is 0.0182. The first-order valence-electron chi connectivity index (χ1n) is 20.2. The molecule has 1 aliphatic rings. The Kier molecular flexibility index (Phi) is 7.57. The van der Waals surface area contributed by atoms with Crippen molar-refractivity contribution in [2.24, 2.45) is 0 Å². The van der Waals surface area contributed by atoms with Gasteiger partial charge in [-0.05, 0) is 87.5 Å². The van der Waals surface area contributed by atoms with Crippen LogP contribution in [0, 0.1) is 0 Å². The third-order valence-corrected chi connectivity index (χ3v) is 12.0. The van der Waals surface area contributed by atoms with E-state index in [1.165, 1.54) is 44.3 Å². The maximum atomic E-state index is 6.97. The molecular formula is C55H37N3O. The number of rotatable bonds is 6. The van der Waals surface area contributed by atoms with Crippen molar-refractivity contribution < 1.29 is 4.42 Å². The summed E-state index contributed by atoms with van der Waals surface area (Å²) in [5.74, 6) is 0. The SMILES string of the molecule is c1ccc(-c2ccc3c4ccc(-c5ccccc5)cc4n(-c4cccc5c4oc4cccc(-c6ccc(N7c8ccccc8NC7c7ccccc7)cc6)c45)c3c2)cc1. The summed E-state index contributed by atoms with van der Waals surface area (Å²) in [6, 6.07) is 76.2. The van der Waals surface area contributed by atoms with E-state index >= 15 is 0 Å². The van der Waals surface area contributed by atoms with E-state index in [2.05, 4.69) is 227 Å². The van der Waals surface area contributed by atoms with Crippen molar-refractivity contribution in [3.8, 4) is 39.1 Å². The van der Waals surface area contributed by atoms with Crippen LogP contribution in [0.25, 0.3) is 82.8 Å². The van der Waals surface area contributed by atoms with Crippen LogP contribution >= 0.6 is 0 Å². The predicted molar refractivity (Wildman–Crippen MR) is 246 cm³/mol. The summed E-state index contributed by atoms with van der Waals surface area (Å²) in [6.07, 6.45) is -0.00693. The molecule has 0 bridgehead atoms. The molecule has 0 spiro atoms. The standard InChI is InChI=1S/C55H37N3O/c1-4-14-36(15-5-1)40-28-32-44-45-33-29-41(37-16-6-2-7-17-37)35-51(45)58(50(44)34-40)49-24-12-21-46-53-43(20-13-25-52(53)59-54(46)49)38-26-30-42(31-27-38)57-48-23-11-10-22-47(48)56-55(57)39-18-8-3-9-19-39/h1-35,55-56H.